The summed E-state index contributed by atoms with van der Waals surface area (Å²) in [6.07, 6.45) is 8.48. The molecule has 2 unspecified atom stereocenters. The second-order valence-electron chi connectivity index (χ2n) is 5.62. The second kappa shape index (κ2) is 5.33. The molecule has 0 aromatic carbocycles. The summed E-state index contributed by atoms with van der Waals surface area (Å²) in [5, 5.41) is 3.69. The molecule has 0 amide bonds. The van der Waals surface area contributed by atoms with Gasteiger partial charge in [-0.05, 0) is 25.2 Å². The minimum absolute atomic E-state index is 0.704. The third kappa shape index (κ3) is 2.49. The van der Waals surface area contributed by atoms with Crippen LogP contribution in [0.2, 0.25) is 0 Å². The maximum Gasteiger partial charge on any atom is 0.0247 e. The van der Waals surface area contributed by atoms with Crippen LogP contribution >= 0.6 is 0 Å². The molecule has 0 bridgehead atoms. The summed E-state index contributed by atoms with van der Waals surface area (Å²) in [6, 6.07) is 2.21. The molecule has 0 aromatic heterocycles. The van der Waals surface area contributed by atoms with Gasteiger partial charge in [0.1, 0.15) is 0 Å². The van der Waals surface area contributed by atoms with Gasteiger partial charge in [0, 0.05) is 31.2 Å². The van der Waals surface area contributed by atoms with Gasteiger partial charge >= 0.3 is 0 Å². The molecule has 2 atom stereocenters. The standard InChI is InChI=1S/C14H26N2/c1-4-12-10-16(13-7-5-6-8-13)14(9-15-12)11(2)3/h5-6,11-15H,4,7-10H2,1-3H3. The lowest BCUT2D eigenvalue weighted by molar-refractivity contribution is 0.0591. The van der Waals surface area contributed by atoms with Gasteiger partial charge in [0.2, 0.25) is 0 Å². The number of hydrogen-bond acceptors (Lipinski definition) is 2. The van der Waals surface area contributed by atoms with Crippen molar-refractivity contribution in [3.8, 4) is 0 Å². The number of hydrogen-bond donors (Lipinski definition) is 1. The molecule has 16 heavy (non-hydrogen) atoms. The molecule has 1 saturated heterocycles. The van der Waals surface area contributed by atoms with E-state index in [4.69, 9.17) is 0 Å². The fourth-order valence-electron chi connectivity index (χ4n) is 3.04. The Morgan fingerprint density at radius 1 is 1.31 bits per heavy atom. The Hall–Kier alpha value is -0.340. The van der Waals surface area contributed by atoms with Gasteiger partial charge in [0.05, 0.1) is 0 Å². The van der Waals surface area contributed by atoms with Gasteiger partial charge in [-0.25, -0.2) is 0 Å². The summed E-state index contributed by atoms with van der Waals surface area (Å²) in [5.74, 6) is 0.755. The minimum atomic E-state index is 0.704. The molecule has 0 radical (unpaired) electrons. The van der Waals surface area contributed by atoms with Crippen LogP contribution in [-0.2, 0) is 0 Å². The Bertz CT molecular complexity index is 239. The van der Waals surface area contributed by atoms with Crippen molar-refractivity contribution in [1.82, 2.24) is 10.2 Å². The van der Waals surface area contributed by atoms with Gasteiger partial charge in [-0.15, -0.1) is 0 Å². The Morgan fingerprint density at radius 2 is 2.00 bits per heavy atom. The maximum absolute atomic E-state index is 3.69. The van der Waals surface area contributed by atoms with E-state index < -0.39 is 0 Å². The predicted molar refractivity (Wildman–Crippen MR) is 69.6 cm³/mol. The fourth-order valence-corrected chi connectivity index (χ4v) is 3.04. The fraction of sp³-hybridized carbons (Fsp3) is 0.857. The van der Waals surface area contributed by atoms with Crippen molar-refractivity contribution in [3.63, 3.8) is 0 Å². The molecule has 92 valence electrons. The third-order valence-corrected chi connectivity index (χ3v) is 4.19. The molecule has 0 saturated carbocycles. The van der Waals surface area contributed by atoms with E-state index in [0.29, 0.717) is 6.04 Å². The molecule has 0 aromatic rings. The van der Waals surface area contributed by atoms with Gasteiger partial charge in [0.15, 0.2) is 0 Å². The summed E-state index contributed by atoms with van der Waals surface area (Å²) in [6.45, 7) is 9.42. The van der Waals surface area contributed by atoms with E-state index >= 15 is 0 Å². The molecule has 1 fully saturated rings. The van der Waals surface area contributed by atoms with Crippen molar-refractivity contribution in [2.75, 3.05) is 13.1 Å². The van der Waals surface area contributed by atoms with E-state index in [2.05, 4.69) is 43.1 Å². The maximum atomic E-state index is 3.69. The molecule has 1 N–H and O–H groups in total. The first-order chi connectivity index (χ1) is 7.72. The highest BCUT2D eigenvalue weighted by Crippen LogP contribution is 2.25. The zero-order chi connectivity index (χ0) is 11.5. The van der Waals surface area contributed by atoms with Crippen molar-refractivity contribution in [1.29, 1.82) is 0 Å². The monoisotopic (exact) mass is 222 g/mol. The van der Waals surface area contributed by atoms with Crippen LogP contribution in [0, 0.1) is 5.92 Å². The summed E-state index contributed by atoms with van der Waals surface area (Å²) >= 11 is 0. The Morgan fingerprint density at radius 3 is 2.56 bits per heavy atom. The van der Waals surface area contributed by atoms with E-state index in [0.717, 1.165) is 18.0 Å². The highest BCUT2D eigenvalue weighted by Gasteiger charge is 2.33. The van der Waals surface area contributed by atoms with Gasteiger partial charge in [0.25, 0.3) is 0 Å². The highest BCUT2D eigenvalue weighted by atomic mass is 15.3. The highest BCUT2D eigenvalue weighted by molar-refractivity contribution is 5.02. The average molecular weight is 222 g/mol. The predicted octanol–water partition coefficient (Wildman–Crippen LogP) is 2.41. The van der Waals surface area contributed by atoms with E-state index in [9.17, 15) is 0 Å². The topological polar surface area (TPSA) is 15.3 Å². The number of nitrogens with one attached hydrogen (secondary N) is 1. The zero-order valence-corrected chi connectivity index (χ0v) is 10.9. The van der Waals surface area contributed by atoms with Gasteiger partial charge in [-0.1, -0.05) is 32.9 Å². The van der Waals surface area contributed by atoms with E-state index in [1.54, 1.807) is 0 Å². The number of rotatable bonds is 3. The molecule has 1 heterocycles. The van der Waals surface area contributed by atoms with Crippen LogP contribution in [0.15, 0.2) is 12.2 Å². The van der Waals surface area contributed by atoms with E-state index in [1.165, 1.54) is 32.4 Å². The largest absolute Gasteiger partial charge is 0.311 e. The Labute approximate surface area is 100 Å². The molecule has 2 nitrogen and oxygen atoms in total. The van der Waals surface area contributed by atoms with Crippen molar-refractivity contribution >= 4 is 0 Å². The third-order valence-electron chi connectivity index (χ3n) is 4.19. The lowest BCUT2D eigenvalue weighted by Gasteiger charge is -2.45. The van der Waals surface area contributed by atoms with Crippen molar-refractivity contribution < 1.29 is 0 Å². The molecule has 1 aliphatic heterocycles. The van der Waals surface area contributed by atoms with Crippen LogP contribution in [0.5, 0.6) is 0 Å². The van der Waals surface area contributed by atoms with Crippen LogP contribution < -0.4 is 5.32 Å². The van der Waals surface area contributed by atoms with Crippen LogP contribution in [0.25, 0.3) is 0 Å². The van der Waals surface area contributed by atoms with Crippen LogP contribution in [0.1, 0.15) is 40.0 Å². The molecule has 1 aliphatic carbocycles. The zero-order valence-electron chi connectivity index (χ0n) is 10.9. The number of nitrogens with zero attached hydrogens (tertiary/aromatic N) is 1. The summed E-state index contributed by atoms with van der Waals surface area (Å²) in [7, 11) is 0. The van der Waals surface area contributed by atoms with Gasteiger partial charge in [-0.3, -0.25) is 4.90 Å². The first-order valence-electron chi connectivity index (χ1n) is 6.86. The molecular weight excluding hydrogens is 196 g/mol. The lowest BCUT2D eigenvalue weighted by atomic mass is 9.95. The average Bonchev–Trinajstić information content (AvgIpc) is 2.81. The molecule has 2 rings (SSSR count). The lowest BCUT2D eigenvalue weighted by Crippen LogP contribution is -2.60. The summed E-state index contributed by atoms with van der Waals surface area (Å²) < 4.78 is 0. The van der Waals surface area contributed by atoms with Crippen molar-refractivity contribution in [2.24, 2.45) is 5.92 Å². The normalized spacial score (nSPS) is 32.8. The smallest absolute Gasteiger partial charge is 0.0247 e. The minimum Gasteiger partial charge on any atom is -0.311 e. The van der Waals surface area contributed by atoms with E-state index in [-0.39, 0.29) is 0 Å². The second-order valence-corrected chi connectivity index (χ2v) is 5.62. The molecule has 2 aliphatic rings. The molecule has 2 heteroatoms. The number of piperazine rings is 1. The summed E-state index contributed by atoms with van der Waals surface area (Å²) in [4.78, 5) is 2.77. The van der Waals surface area contributed by atoms with Crippen molar-refractivity contribution in [2.45, 2.75) is 58.2 Å². The first kappa shape index (κ1) is 12.1. The first-order valence-corrected chi connectivity index (χ1v) is 6.86. The van der Waals surface area contributed by atoms with Gasteiger partial charge < -0.3 is 5.32 Å². The van der Waals surface area contributed by atoms with Crippen molar-refractivity contribution in [3.05, 3.63) is 12.2 Å². The SMILES string of the molecule is CCC1CN(C2CC=CC2)C(C(C)C)CN1. The summed E-state index contributed by atoms with van der Waals surface area (Å²) in [5.41, 5.74) is 0. The van der Waals surface area contributed by atoms with Gasteiger partial charge in [-0.2, -0.15) is 0 Å². The quantitative estimate of drug-likeness (QED) is 0.738. The van der Waals surface area contributed by atoms with Crippen LogP contribution in [0.3, 0.4) is 0 Å². The van der Waals surface area contributed by atoms with Crippen LogP contribution in [-0.4, -0.2) is 36.1 Å². The van der Waals surface area contributed by atoms with E-state index in [1.807, 2.05) is 0 Å². The molecular formula is C14H26N2. The Kier molecular flexibility index (Phi) is 4.04. The Balaban J connectivity index is 2.02. The van der Waals surface area contributed by atoms with Crippen LogP contribution in [0.4, 0.5) is 0 Å². The molecule has 0 spiro atoms.